The van der Waals surface area contributed by atoms with Gasteiger partial charge in [0, 0.05) is 17.5 Å². The molecule has 0 aliphatic carbocycles. The minimum atomic E-state index is -3.67. The Hall–Kier alpha value is -1.79. The van der Waals surface area contributed by atoms with Gasteiger partial charge in [0.1, 0.15) is 11.5 Å². The molecule has 1 atom stereocenters. The van der Waals surface area contributed by atoms with Crippen LogP contribution in [0.1, 0.15) is 19.1 Å². The van der Waals surface area contributed by atoms with Gasteiger partial charge in [0.15, 0.2) is 9.84 Å². The van der Waals surface area contributed by atoms with E-state index in [1.54, 1.807) is 12.3 Å². The Kier molecular flexibility index (Phi) is 5.85. The maximum atomic E-state index is 12.2. The molecule has 0 aliphatic heterocycles. The Morgan fingerprint density at radius 2 is 1.96 bits per heavy atom. The van der Waals surface area contributed by atoms with Gasteiger partial charge in [-0.15, -0.1) is 0 Å². The van der Waals surface area contributed by atoms with Crippen molar-refractivity contribution in [3.05, 3.63) is 53.4 Å². The van der Waals surface area contributed by atoms with Gasteiger partial charge in [-0.2, -0.15) is 0 Å². The van der Waals surface area contributed by atoms with Crippen molar-refractivity contribution in [2.24, 2.45) is 0 Å². The van der Waals surface area contributed by atoms with Crippen molar-refractivity contribution in [1.29, 1.82) is 0 Å². The summed E-state index contributed by atoms with van der Waals surface area (Å²) in [7, 11) is -3.67. The third-order valence-corrected chi connectivity index (χ3v) is 5.19. The maximum absolute atomic E-state index is 12.2. The van der Waals surface area contributed by atoms with Gasteiger partial charge in [-0.3, -0.25) is 4.79 Å². The highest BCUT2D eigenvalue weighted by atomic mass is 35.5. The van der Waals surface area contributed by atoms with Crippen LogP contribution in [0.3, 0.4) is 0 Å². The summed E-state index contributed by atoms with van der Waals surface area (Å²) >= 11 is 5.73. The van der Waals surface area contributed by atoms with Crippen molar-refractivity contribution in [2.45, 2.75) is 30.7 Å². The molecular formula is C16H18ClNO4S. The summed E-state index contributed by atoms with van der Waals surface area (Å²) in [4.78, 5) is 12.0. The molecular weight excluding hydrogens is 338 g/mol. The van der Waals surface area contributed by atoms with Crippen molar-refractivity contribution in [1.82, 2.24) is 5.32 Å². The summed E-state index contributed by atoms with van der Waals surface area (Å²) in [6.45, 7) is 1.83. The molecule has 1 aromatic carbocycles. The second-order valence-electron chi connectivity index (χ2n) is 5.30. The quantitative estimate of drug-likeness (QED) is 0.828. The number of halogens is 1. The number of carbonyl (C=O) groups is 1. The van der Waals surface area contributed by atoms with E-state index in [1.807, 2.05) is 13.0 Å². The van der Waals surface area contributed by atoms with Crippen molar-refractivity contribution in [2.75, 3.05) is 5.75 Å². The third kappa shape index (κ3) is 5.41. The summed E-state index contributed by atoms with van der Waals surface area (Å²) in [5, 5.41) is 3.14. The van der Waals surface area contributed by atoms with Gasteiger partial charge in [-0.1, -0.05) is 11.6 Å². The first-order valence-electron chi connectivity index (χ1n) is 7.17. The fourth-order valence-corrected chi connectivity index (χ4v) is 3.37. The lowest BCUT2D eigenvalue weighted by atomic mass is 10.1. The fourth-order valence-electron chi connectivity index (χ4n) is 2.10. The zero-order valence-corrected chi connectivity index (χ0v) is 14.2. The Bertz CT molecular complexity index is 739. The number of sulfone groups is 1. The van der Waals surface area contributed by atoms with E-state index in [1.165, 1.54) is 24.3 Å². The van der Waals surface area contributed by atoms with Crippen LogP contribution in [-0.4, -0.2) is 26.1 Å². The molecule has 0 fully saturated rings. The summed E-state index contributed by atoms with van der Waals surface area (Å²) in [6.07, 6.45) is 2.94. The second kappa shape index (κ2) is 7.66. The molecule has 0 spiro atoms. The Balaban J connectivity index is 1.86. The smallest absolute Gasteiger partial charge is 0.235 e. The predicted molar refractivity (Wildman–Crippen MR) is 88.1 cm³/mol. The van der Waals surface area contributed by atoms with Crippen LogP contribution in [0, 0.1) is 0 Å². The highest BCUT2D eigenvalue weighted by Gasteiger charge is 2.20. The van der Waals surface area contributed by atoms with Crippen molar-refractivity contribution in [3.63, 3.8) is 0 Å². The van der Waals surface area contributed by atoms with E-state index in [0.717, 1.165) is 5.76 Å². The van der Waals surface area contributed by atoms with Gasteiger partial charge in [-0.05, 0) is 49.7 Å². The summed E-state index contributed by atoms with van der Waals surface area (Å²) in [5.41, 5.74) is 0. The van der Waals surface area contributed by atoms with E-state index in [4.69, 9.17) is 16.0 Å². The third-order valence-electron chi connectivity index (χ3n) is 3.31. The lowest BCUT2D eigenvalue weighted by molar-refractivity contribution is -0.119. The lowest BCUT2D eigenvalue weighted by Crippen LogP contribution is -2.37. The van der Waals surface area contributed by atoms with E-state index >= 15 is 0 Å². The second-order valence-corrected chi connectivity index (χ2v) is 7.73. The number of benzene rings is 1. The number of furan rings is 1. The van der Waals surface area contributed by atoms with Gasteiger partial charge < -0.3 is 9.73 Å². The predicted octanol–water partition coefficient (Wildman–Crippen LogP) is 2.84. The number of hydrogen-bond acceptors (Lipinski definition) is 4. The van der Waals surface area contributed by atoms with Crippen LogP contribution < -0.4 is 5.32 Å². The minimum absolute atomic E-state index is 0.0836. The first-order valence-corrected chi connectivity index (χ1v) is 9.20. The zero-order valence-electron chi connectivity index (χ0n) is 12.7. The lowest BCUT2D eigenvalue weighted by Gasteiger charge is -2.13. The number of hydrogen-bond donors (Lipinski definition) is 1. The van der Waals surface area contributed by atoms with Crippen LogP contribution >= 0.6 is 11.6 Å². The van der Waals surface area contributed by atoms with E-state index < -0.39 is 21.5 Å². The molecule has 23 heavy (non-hydrogen) atoms. The molecule has 124 valence electrons. The van der Waals surface area contributed by atoms with Crippen LogP contribution in [0.5, 0.6) is 0 Å². The van der Waals surface area contributed by atoms with Crippen molar-refractivity contribution >= 4 is 27.3 Å². The first kappa shape index (κ1) is 17.6. The molecule has 1 N–H and O–H groups in total. The fraction of sp³-hybridized carbons (Fsp3) is 0.312. The van der Waals surface area contributed by atoms with Gasteiger partial charge >= 0.3 is 0 Å². The largest absolute Gasteiger partial charge is 0.469 e. The Morgan fingerprint density at radius 3 is 2.57 bits per heavy atom. The molecule has 7 heteroatoms. The zero-order chi connectivity index (χ0) is 16.9. The summed E-state index contributed by atoms with van der Waals surface area (Å²) in [6, 6.07) is 9.28. The number of amides is 1. The molecule has 1 heterocycles. The molecule has 2 aromatic rings. The van der Waals surface area contributed by atoms with Gasteiger partial charge in [-0.25, -0.2) is 8.42 Å². The molecule has 0 radical (unpaired) electrons. The molecule has 1 aromatic heterocycles. The van der Waals surface area contributed by atoms with Crippen LogP contribution in [-0.2, 0) is 21.1 Å². The molecule has 0 aliphatic rings. The van der Waals surface area contributed by atoms with Crippen LogP contribution in [0.15, 0.2) is 52.0 Å². The number of rotatable bonds is 7. The van der Waals surface area contributed by atoms with Crippen LogP contribution in [0.4, 0.5) is 0 Å². The van der Waals surface area contributed by atoms with Crippen LogP contribution in [0.2, 0.25) is 5.02 Å². The van der Waals surface area contributed by atoms with E-state index in [2.05, 4.69) is 5.32 Å². The monoisotopic (exact) mass is 355 g/mol. The average Bonchev–Trinajstić information content (AvgIpc) is 2.98. The topological polar surface area (TPSA) is 76.4 Å². The molecule has 0 saturated heterocycles. The molecule has 0 bridgehead atoms. The maximum Gasteiger partial charge on any atom is 0.235 e. The number of carbonyl (C=O) groups excluding carboxylic acids is 1. The average molecular weight is 356 g/mol. The van der Waals surface area contributed by atoms with E-state index in [9.17, 15) is 13.2 Å². The Labute approximate surface area is 140 Å². The SMILES string of the molecule is CC(CCc1ccco1)NC(=O)CS(=O)(=O)c1ccc(Cl)cc1. The molecule has 1 unspecified atom stereocenters. The molecule has 5 nitrogen and oxygen atoms in total. The summed E-state index contributed by atoms with van der Waals surface area (Å²) in [5.74, 6) is -0.272. The number of nitrogens with one attached hydrogen (secondary N) is 1. The summed E-state index contributed by atoms with van der Waals surface area (Å²) < 4.78 is 29.5. The van der Waals surface area contributed by atoms with E-state index in [-0.39, 0.29) is 10.9 Å². The molecule has 0 saturated carbocycles. The van der Waals surface area contributed by atoms with E-state index in [0.29, 0.717) is 17.9 Å². The highest BCUT2D eigenvalue weighted by Crippen LogP contribution is 2.15. The Morgan fingerprint density at radius 1 is 1.26 bits per heavy atom. The number of aryl methyl sites for hydroxylation is 1. The van der Waals surface area contributed by atoms with Gasteiger partial charge in [0.05, 0.1) is 11.2 Å². The molecule has 1 amide bonds. The standard InChI is InChI=1S/C16H18ClNO4S/c1-12(4-7-14-3-2-10-22-14)18-16(19)11-23(20,21)15-8-5-13(17)6-9-15/h2-3,5-6,8-10,12H,4,7,11H2,1H3,(H,18,19). The van der Waals surface area contributed by atoms with Gasteiger partial charge in [0.2, 0.25) is 5.91 Å². The first-order chi connectivity index (χ1) is 10.9. The normalized spacial score (nSPS) is 12.8. The molecule has 2 rings (SSSR count). The van der Waals surface area contributed by atoms with Crippen molar-refractivity contribution < 1.29 is 17.6 Å². The van der Waals surface area contributed by atoms with Crippen LogP contribution in [0.25, 0.3) is 0 Å². The van der Waals surface area contributed by atoms with Gasteiger partial charge in [0.25, 0.3) is 0 Å². The highest BCUT2D eigenvalue weighted by molar-refractivity contribution is 7.92. The minimum Gasteiger partial charge on any atom is -0.469 e. The van der Waals surface area contributed by atoms with Crippen molar-refractivity contribution in [3.8, 4) is 0 Å².